The fraction of sp³-hybridized carbons (Fsp3) is 0.333. The van der Waals surface area contributed by atoms with Crippen molar-refractivity contribution in [1.29, 1.82) is 0 Å². The lowest BCUT2D eigenvalue weighted by molar-refractivity contribution is -0.697. The van der Waals surface area contributed by atoms with Gasteiger partial charge in [0.1, 0.15) is 6.54 Å². The summed E-state index contributed by atoms with van der Waals surface area (Å²) in [4.78, 5) is 21.8. The minimum absolute atomic E-state index is 0.0155. The van der Waals surface area contributed by atoms with E-state index in [2.05, 4.69) is 58.3 Å². The van der Waals surface area contributed by atoms with E-state index in [-0.39, 0.29) is 6.16 Å². The van der Waals surface area contributed by atoms with Crippen LogP contribution in [0.3, 0.4) is 0 Å². The van der Waals surface area contributed by atoms with Gasteiger partial charge in [-0.2, -0.15) is 0 Å². The van der Waals surface area contributed by atoms with Gasteiger partial charge in [0.15, 0.2) is 12.4 Å². The average Bonchev–Trinajstić information content (AvgIpc) is 2.76. The molecule has 0 amide bonds. The van der Waals surface area contributed by atoms with Gasteiger partial charge in [0.2, 0.25) is 0 Å². The van der Waals surface area contributed by atoms with Gasteiger partial charge in [0, 0.05) is 37.1 Å². The molecule has 0 saturated heterocycles. The Morgan fingerprint density at radius 2 is 1.13 bits per heavy atom. The van der Waals surface area contributed by atoms with Crippen LogP contribution in [0.2, 0.25) is 0 Å². The zero-order valence-electron chi connectivity index (χ0n) is 17.2. The summed E-state index contributed by atoms with van der Waals surface area (Å²) < 4.78 is 13.0. The largest absolute Gasteiger partial charge is 0.325 e. The molecule has 158 valence electrons. The van der Waals surface area contributed by atoms with Gasteiger partial charge >= 0.3 is 7.60 Å². The number of unbranched alkanes of at least 4 members (excludes halogenated alkanes) is 5. The molecule has 0 aliphatic heterocycles. The highest BCUT2D eigenvalue weighted by molar-refractivity contribution is 7.51. The van der Waals surface area contributed by atoms with Crippen molar-refractivity contribution in [2.24, 2.45) is 0 Å². The van der Waals surface area contributed by atoms with Crippen molar-refractivity contribution in [2.75, 3.05) is 6.16 Å². The molecule has 3 aromatic rings. The monoisotopic (exact) mass is 425 g/mol. The predicted molar refractivity (Wildman–Crippen MR) is 120 cm³/mol. The molecule has 3 rings (SSSR count). The highest BCUT2D eigenvalue weighted by Crippen LogP contribution is 2.35. The molecular weight excluding hydrogens is 395 g/mol. The summed E-state index contributed by atoms with van der Waals surface area (Å²) in [7, 11) is -3.82. The Bertz CT molecular complexity index is 938. The Labute approximate surface area is 178 Å². The molecule has 0 bridgehead atoms. The SMILES string of the molecule is O=P(O)(O)CCCCCCCC[n+]1ccc(-c2ccc(-c3ccncc3)cc2)cc1. The first-order valence-electron chi connectivity index (χ1n) is 10.6. The number of rotatable bonds is 11. The third-order valence-electron chi connectivity index (χ3n) is 5.24. The van der Waals surface area contributed by atoms with E-state index in [1.54, 1.807) is 0 Å². The highest BCUT2D eigenvalue weighted by Gasteiger charge is 2.11. The van der Waals surface area contributed by atoms with Crippen molar-refractivity contribution in [3.8, 4) is 22.3 Å². The van der Waals surface area contributed by atoms with Crippen LogP contribution in [0.25, 0.3) is 22.3 Å². The first-order valence-corrected chi connectivity index (χ1v) is 12.4. The van der Waals surface area contributed by atoms with Crippen molar-refractivity contribution < 1.29 is 18.9 Å². The summed E-state index contributed by atoms with van der Waals surface area (Å²) in [5.74, 6) is 0. The van der Waals surface area contributed by atoms with Gasteiger partial charge in [-0.25, -0.2) is 4.57 Å². The number of hydrogen-bond donors (Lipinski definition) is 2. The molecule has 0 aliphatic rings. The van der Waals surface area contributed by atoms with Crippen LogP contribution in [0.5, 0.6) is 0 Å². The second-order valence-corrected chi connectivity index (χ2v) is 9.42. The van der Waals surface area contributed by atoms with Crippen LogP contribution in [-0.4, -0.2) is 20.9 Å². The molecule has 0 unspecified atom stereocenters. The zero-order chi connectivity index (χ0) is 21.2. The number of aryl methyl sites for hydroxylation is 1. The Morgan fingerprint density at radius 3 is 1.70 bits per heavy atom. The van der Waals surface area contributed by atoms with Crippen LogP contribution >= 0.6 is 7.60 Å². The predicted octanol–water partition coefficient (Wildman–Crippen LogP) is 5.22. The molecular formula is C24H30N2O3P+. The van der Waals surface area contributed by atoms with Crippen LogP contribution in [0.4, 0.5) is 0 Å². The lowest BCUT2D eigenvalue weighted by atomic mass is 10.0. The van der Waals surface area contributed by atoms with E-state index in [0.717, 1.165) is 38.6 Å². The molecule has 0 radical (unpaired) electrons. The van der Waals surface area contributed by atoms with Gasteiger partial charge in [0.05, 0.1) is 0 Å². The topological polar surface area (TPSA) is 74.3 Å². The summed E-state index contributed by atoms with van der Waals surface area (Å²) in [5.41, 5.74) is 4.77. The fourth-order valence-electron chi connectivity index (χ4n) is 3.52. The Kier molecular flexibility index (Phi) is 8.32. The van der Waals surface area contributed by atoms with Gasteiger partial charge in [-0.15, -0.1) is 0 Å². The van der Waals surface area contributed by atoms with Crippen LogP contribution in [0.1, 0.15) is 38.5 Å². The van der Waals surface area contributed by atoms with Crippen molar-refractivity contribution in [3.05, 3.63) is 73.3 Å². The maximum Gasteiger partial charge on any atom is 0.325 e. The van der Waals surface area contributed by atoms with Crippen molar-refractivity contribution in [2.45, 2.75) is 45.1 Å². The van der Waals surface area contributed by atoms with Gasteiger partial charge in [-0.3, -0.25) is 9.55 Å². The Hall–Kier alpha value is -2.33. The van der Waals surface area contributed by atoms with E-state index in [4.69, 9.17) is 9.79 Å². The van der Waals surface area contributed by atoms with E-state index in [1.165, 1.54) is 22.3 Å². The number of hydrogen-bond acceptors (Lipinski definition) is 2. The minimum Gasteiger partial charge on any atom is -0.324 e. The lowest BCUT2D eigenvalue weighted by Gasteiger charge is -2.05. The minimum atomic E-state index is -3.82. The van der Waals surface area contributed by atoms with E-state index in [0.29, 0.717) is 6.42 Å². The fourth-order valence-corrected chi connectivity index (χ4v) is 4.15. The zero-order valence-corrected chi connectivity index (χ0v) is 18.1. The van der Waals surface area contributed by atoms with E-state index >= 15 is 0 Å². The number of benzene rings is 1. The molecule has 0 spiro atoms. The molecule has 6 heteroatoms. The molecule has 0 aliphatic carbocycles. The molecule has 1 aromatic carbocycles. The summed E-state index contributed by atoms with van der Waals surface area (Å²) >= 11 is 0. The van der Waals surface area contributed by atoms with Crippen molar-refractivity contribution in [1.82, 2.24) is 4.98 Å². The molecule has 5 nitrogen and oxygen atoms in total. The lowest BCUT2D eigenvalue weighted by Crippen LogP contribution is -2.32. The molecule has 30 heavy (non-hydrogen) atoms. The van der Waals surface area contributed by atoms with Gasteiger partial charge in [0.25, 0.3) is 0 Å². The number of aromatic nitrogens is 2. The number of nitrogens with zero attached hydrogens (tertiary/aromatic N) is 2. The summed E-state index contributed by atoms with van der Waals surface area (Å²) in [6, 6.07) is 16.9. The molecule has 0 atom stereocenters. The van der Waals surface area contributed by atoms with Gasteiger partial charge in [-0.05, 0) is 47.2 Å². The Balaban J connectivity index is 1.40. The normalized spacial score (nSPS) is 11.5. The van der Waals surface area contributed by atoms with Crippen LogP contribution in [-0.2, 0) is 11.1 Å². The highest BCUT2D eigenvalue weighted by atomic mass is 31.2. The first-order chi connectivity index (χ1) is 14.5. The standard InChI is InChI=1S/C24H29N2O3P/c27-30(28,29)20-6-4-2-1-3-5-17-26-18-13-24(14-19-26)22-9-7-21(8-10-22)23-11-15-25-16-12-23/h7-16,18-19H,1-6,17,20H2,(H-,27,28,29)/p+1. The maximum atomic E-state index is 10.8. The first kappa shape index (κ1) is 22.4. The second-order valence-electron chi connectivity index (χ2n) is 7.65. The van der Waals surface area contributed by atoms with Crippen LogP contribution < -0.4 is 4.57 Å². The summed E-state index contributed by atoms with van der Waals surface area (Å²) in [6.45, 7) is 0.990. The van der Waals surface area contributed by atoms with Gasteiger partial charge in [-0.1, -0.05) is 43.5 Å². The van der Waals surface area contributed by atoms with E-state index in [1.807, 2.05) is 24.5 Å². The van der Waals surface area contributed by atoms with Gasteiger partial charge < -0.3 is 9.79 Å². The van der Waals surface area contributed by atoms with Crippen LogP contribution in [0, 0.1) is 0 Å². The van der Waals surface area contributed by atoms with Crippen molar-refractivity contribution >= 4 is 7.60 Å². The van der Waals surface area contributed by atoms with E-state index in [9.17, 15) is 4.57 Å². The molecule has 0 fully saturated rings. The quantitative estimate of drug-likeness (QED) is 0.251. The molecule has 2 N–H and O–H groups in total. The molecule has 0 saturated carbocycles. The van der Waals surface area contributed by atoms with Crippen molar-refractivity contribution in [3.63, 3.8) is 0 Å². The molecule has 2 aromatic heterocycles. The second kappa shape index (κ2) is 11.2. The number of pyridine rings is 2. The van der Waals surface area contributed by atoms with E-state index < -0.39 is 7.60 Å². The average molecular weight is 425 g/mol. The summed E-state index contributed by atoms with van der Waals surface area (Å²) in [6.07, 6.45) is 13.8. The third-order valence-corrected chi connectivity index (χ3v) is 6.14. The third kappa shape index (κ3) is 7.49. The Morgan fingerprint density at radius 1 is 0.667 bits per heavy atom. The molecule has 2 heterocycles. The van der Waals surface area contributed by atoms with Crippen LogP contribution in [0.15, 0.2) is 73.3 Å². The maximum absolute atomic E-state index is 10.8. The smallest absolute Gasteiger partial charge is 0.324 e. The summed E-state index contributed by atoms with van der Waals surface area (Å²) in [5, 5.41) is 0.